The highest BCUT2D eigenvalue weighted by atomic mass is 32.2. The number of nitrogen functional groups attached to an aromatic ring is 1. The lowest BCUT2D eigenvalue weighted by molar-refractivity contribution is -0.102. The van der Waals surface area contributed by atoms with E-state index in [0.717, 1.165) is 19.4 Å². The van der Waals surface area contributed by atoms with Gasteiger partial charge < -0.3 is 10.5 Å². The predicted octanol–water partition coefficient (Wildman–Crippen LogP) is 2.90. The molecule has 1 spiro atoms. The highest BCUT2D eigenvalue weighted by molar-refractivity contribution is 7.99. The number of aromatic nitrogens is 1. The smallest absolute Gasteiger partial charge is 0.126 e. The maximum atomic E-state index is 6.14. The third-order valence-corrected chi connectivity index (χ3v) is 5.42. The molecule has 0 radical (unpaired) electrons. The third-order valence-electron chi connectivity index (χ3n) is 4.43. The monoisotopic (exact) mass is 278 g/mol. The molecule has 1 unspecified atom stereocenters. The summed E-state index contributed by atoms with van der Waals surface area (Å²) >= 11 is 2.06. The first-order valence-electron chi connectivity index (χ1n) is 7.18. The molecule has 4 heteroatoms. The van der Waals surface area contributed by atoms with Crippen molar-refractivity contribution in [3.8, 4) is 0 Å². The predicted molar refractivity (Wildman–Crippen MR) is 80.3 cm³/mol. The molecule has 0 saturated carbocycles. The normalized spacial score (nSPS) is 26.4. The summed E-state index contributed by atoms with van der Waals surface area (Å²) in [6.07, 6.45) is 7.61. The van der Waals surface area contributed by atoms with E-state index in [1.54, 1.807) is 6.20 Å². The molecule has 3 nitrogen and oxygen atoms in total. The molecule has 1 aromatic rings. The molecular weight excluding hydrogens is 256 g/mol. The topological polar surface area (TPSA) is 48.1 Å². The van der Waals surface area contributed by atoms with Crippen LogP contribution in [0.3, 0.4) is 0 Å². The van der Waals surface area contributed by atoms with Crippen molar-refractivity contribution in [1.29, 1.82) is 0 Å². The van der Waals surface area contributed by atoms with Gasteiger partial charge in [-0.05, 0) is 61.2 Å². The maximum absolute atomic E-state index is 6.14. The highest BCUT2D eigenvalue weighted by Gasteiger charge is 2.38. The average molecular weight is 278 g/mol. The lowest BCUT2D eigenvalue weighted by Crippen LogP contribution is -2.43. The van der Waals surface area contributed by atoms with Crippen LogP contribution >= 0.6 is 11.8 Å². The number of ether oxygens (including phenoxy) is 1. The van der Waals surface area contributed by atoms with Crippen LogP contribution in [0.2, 0.25) is 0 Å². The SMILES string of the molecule is Nc1ncccc1CC1CCOC2(CCSCC2)C1. The Morgan fingerprint density at radius 2 is 2.26 bits per heavy atom. The fourth-order valence-corrected chi connectivity index (χ4v) is 4.57. The lowest BCUT2D eigenvalue weighted by Gasteiger charge is -2.43. The molecule has 104 valence electrons. The Morgan fingerprint density at radius 1 is 1.42 bits per heavy atom. The Morgan fingerprint density at radius 3 is 3.05 bits per heavy atom. The van der Waals surface area contributed by atoms with Crippen molar-refractivity contribution < 1.29 is 4.74 Å². The molecule has 2 aliphatic rings. The van der Waals surface area contributed by atoms with Crippen LogP contribution in [-0.4, -0.2) is 28.7 Å². The van der Waals surface area contributed by atoms with E-state index < -0.39 is 0 Å². The van der Waals surface area contributed by atoms with Crippen molar-refractivity contribution in [2.75, 3.05) is 23.8 Å². The van der Waals surface area contributed by atoms with E-state index in [9.17, 15) is 0 Å². The van der Waals surface area contributed by atoms with E-state index in [0.29, 0.717) is 11.7 Å². The number of nitrogens with zero attached hydrogens (tertiary/aromatic N) is 1. The van der Waals surface area contributed by atoms with E-state index in [2.05, 4.69) is 22.8 Å². The number of hydrogen-bond donors (Lipinski definition) is 1. The Labute approximate surface area is 119 Å². The first-order valence-corrected chi connectivity index (χ1v) is 8.34. The van der Waals surface area contributed by atoms with Crippen molar-refractivity contribution in [1.82, 2.24) is 4.98 Å². The Kier molecular flexibility index (Phi) is 3.99. The van der Waals surface area contributed by atoms with E-state index in [1.807, 2.05) is 6.07 Å². The van der Waals surface area contributed by atoms with Crippen LogP contribution in [-0.2, 0) is 11.2 Å². The fourth-order valence-electron chi connectivity index (χ4n) is 3.33. The number of anilines is 1. The Balaban J connectivity index is 1.67. The van der Waals surface area contributed by atoms with E-state index in [1.165, 1.54) is 36.3 Å². The molecule has 3 rings (SSSR count). The lowest BCUT2D eigenvalue weighted by atomic mass is 9.79. The first-order chi connectivity index (χ1) is 9.27. The standard InChI is InChI=1S/C15H22N2OS/c16-14-13(2-1-6-17-14)10-12-3-7-18-15(11-12)4-8-19-9-5-15/h1-2,6,12H,3-5,7-11H2,(H2,16,17). The molecule has 0 aliphatic carbocycles. The van der Waals surface area contributed by atoms with Gasteiger partial charge in [-0.1, -0.05) is 6.07 Å². The minimum Gasteiger partial charge on any atom is -0.383 e. The minimum absolute atomic E-state index is 0.172. The van der Waals surface area contributed by atoms with Gasteiger partial charge in [-0.15, -0.1) is 0 Å². The van der Waals surface area contributed by atoms with Crippen LogP contribution in [0.5, 0.6) is 0 Å². The molecule has 3 heterocycles. The number of nitrogens with two attached hydrogens (primary N) is 1. The molecule has 0 aromatic carbocycles. The summed E-state index contributed by atoms with van der Waals surface area (Å²) in [5.41, 5.74) is 7.34. The van der Waals surface area contributed by atoms with Crippen LogP contribution < -0.4 is 5.73 Å². The van der Waals surface area contributed by atoms with Crippen molar-refractivity contribution in [2.24, 2.45) is 5.92 Å². The summed E-state index contributed by atoms with van der Waals surface area (Å²) in [5.74, 6) is 3.90. The van der Waals surface area contributed by atoms with Crippen LogP contribution in [0, 0.1) is 5.92 Å². The maximum Gasteiger partial charge on any atom is 0.126 e. The average Bonchev–Trinajstić information content (AvgIpc) is 2.42. The van der Waals surface area contributed by atoms with Crippen LogP contribution in [0.4, 0.5) is 5.82 Å². The van der Waals surface area contributed by atoms with E-state index in [4.69, 9.17) is 10.5 Å². The summed E-state index contributed by atoms with van der Waals surface area (Å²) in [5, 5.41) is 0. The van der Waals surface area contributed by atoms with Gasteiger partial charge in [0, 0.05) is 12.8 Å². The van der Waals surface area contributed by atoms with Crippen molar-refractivity contribution >= 4 is 17.6 Å². The van der Waals surface area contributed by atoms with Gasteiger partial charge in [0.25, 0.3) is 0 Å². The summed E-state index contributed by atoms with van der Waals surface area (Å²) in [4.78, 5) is 4.19. The largest absolute Gasteiger partial charge is 0.383 e. The molecule has 1 atom stereocenters. The Bertz CT molecular complexity index is 426. The van der Waals surface area contributed by atoms with Gasteiger partial charge in [0.05, 0.1) is 5.60 Å². The molecule has 0 amide bonds. The molecular formula is C15H22N2OS. The second kappa shape index (κ2) is 5.71. The summed E-state index contributed by atoms with van der Waals surface area (Å²) in [7, 11) is 0. The van der Waals surface area contributed by atoms with E-state index >= 15 is 0 Å². The molecule has 2 fully saturated rings. The van der Waals surface area contributed by atoms with Crippen molar-refractivity contribution in [3.05, 3.63) is 23.9 Å². The zero-order valence-corrected chi connectivity index (χ0v) is 12.1. The second-order valence-electron chi connectivity index (χ2n) is 5.75. The highest BCUT2D eigenvalue weighted by Crippen LogP contribution is 2.40. The zero-order chi connectivity index (χ0) is 13.1. The van der Waals surface area contributed by atoms with Gasteiger partial charge in [0.1, 0.15) is 5.82 Å². The van der Waals surface area contributed by atoms with E-state index in [-0.39, 0.29) is 5.60 Å². The van der Waals surface area contributed by atoms with Gasteiger partial charge in [-0.3, -0.25) is 0 Å². The quantitative estimate of drug-likeness (QED) is 0.903. The van der Waals surface area contributed by atoms with Crippen LogP contribution in [0.15, 0.2) is 18.3 Å². The first kappa shape index (κ1) is 13.3. The Hall–Kier alpha value is -0.740. The molecule has 2 N–H and O–H groups in total. The van der Waals surface area contributed by atoms with Crippen molar-refractivity contribution in [2.45, 2.75) is 37.7 Å². The summed E-state index contributed by atoms with van der Waals surface area (Å²) < 4.78 is 6.14. The number of hydrogen-bond acceptors (Lipinski definition) is 4. The van der Waals surface area contributed by atoms with Crippen LogP contribution in [0.25, 0.3) is 0 Å². The van der Waals surface area contributed by atoms with Gasteiger partial charge in [-0.25, -0.2) is 4.98 Å². The van der Waals surface area contributed by atoms with Gasteiger partial charge in [-0.2, -0.15) is 11.8 Å². The molecule has 0 bridgehead atoms. The molecule has 1 aromatic heterocycles. The van der Waals surface area contributed by atoms with Gasteiger partial charge >= 0.3 is 0 Å². The molecule has 19 heavy (non-hydrogen) atoms. The summed E-state index contributed by atoms with van der Waals surface area (Å²) in [6, 6.07) is 4.10. The summed E-state index contributed by atoms with van der Waals surface area (Å²) in [6.45, 7) is 0.912. The van der Waals surface area contributed by atoms with Gasteiger partial charge in [0.15, 0.2) is 0 Å². The molecule has 2 aliphatic heterocycles. The zero-order valence-electron chi connectivity index (χ0n) is 11.3. The van der Waals surface area contributed by atoms with Crippen LogP contribution in [0.1, 0.15) is 31.2 Å². The number of pyridine rings is 1. The number of thioether (sulfide) groups is 1. The van der Waals surface area contributed by atoms with Gasteiger partial charge in [0.2, 0.25) is 0 Å². The van der Waals surface area contributed by atoms with Crippen molar-refractivity contribution in [3.63, 3.8) is 0 Å². The molecule has 2 saturated heterocycles. The fraction of sp³-hybridized carbons (Fsp3) is 0.667. The second-order valence-corrected chi connectivity index (χ2v) is 6.98. The minimum atomic E-state index is 0.172. The third kappa shape index (κ3) is 3.06. The number of rotatable bonds is 2.